The Balaban J connectivity index is 0.973. The summed E-state index contributed by atoms with van der Waals surface area (Å²) in [6.45, 7) is 0. The molecule has 0 saturated heterocycles. The maximum Gasteiger partial charge on any atom is 0.0963 e. The van der Waals surface area contributed by atoms with E-state index in [1.54, 1.807) is 0 Å². The van der Waals surface area contributed by atoms with Gasteiger partial charge in [-0.05, 0) is 140 Å². The molecule has 1 aliphatic heterocycles. The first-order chi connectivity index (χ1) is 34.7. The lowest BCUT2D eigenvalue weighted by atomic mass is 9.44. The molecular weight excluding hydrogens is 849 g/mol. The molecule has 4 heteroatoms. The fourth-order valence-electron chi connectivity index (χ4n) is 13.1. The van der Waals surface area contributed by atoms with E-state index in [1.165, 1.54) is 83.4 Å². The average Bonchev–Trinajstić information content (AvgIpc) is 3.97. The van der Waals surface area contributed by atoms with Gasteiger partial charge in [-0.15, -0.1) is 0 Å². The zero-order chi connectivity index (χ0) is 46.0. The summed E-state index contributed by atoms with van der Waals surface area (Å²) in [5, 5.41) is 2.36. The molecule has 2 unspecified atom stereocenters. The minimum atomic E-state index is -0.602. The molecule has 0 amide bonds. The standard InChI is InChI=1S/C66H44N4/c1-3-19-47(20-4-1)65-53-27-9-10-28-54(53)66(48-21-5-2-6-22-48,56-36-34-45(41-57(56)65)43-17-13-23-49(39-43)69-59-29-11-7-25-51(59)63-61(69)31-15-37-67-63)58-42-46(33-35-55(58)65)44-18-14-24-50(40-44)70-60-30-12-8-26-52(60)64-62(70)32-16-38-68-64/h1-15,17-31,33-42H,16,32H2. The summed E-state index contributed by atoms with van der Waals surface area (Å²) in [6, 6.07) is 86.3. The quantitative estimate of drug-likeness (QED) is 0.164. The van der Waals surface area contributed by atoms with Crippen LogP contribution in [0.2, 0.25) is 0 Å². The van der Waals surface area contributed by atoms with Gasteiger partial charge >= 0.3 is 0 Å². The van der Waals surface area contributed by atoms with Gasteiger partial charge in [-0.25, -0.2) is 0 Å². The Bertz CT molecular complexity index is 4090. The van der Waals surface area contributed by atoms with Crippen LogP contribution in [-0.4, -0.2) is 20.3 Å². The van der Waals surface area contributed by atoms with E-state index in [1.807, 2.05) is 12.3 Å². The van der Waals surface area contributed by atoms with Crippen LogP contribution in [0, 0.1) is 0 Å². The van der Waals surface area contributed by atoms with Crippen molar-refractivity contribution in [2.24, 2.45) is 4.99 Å². The smallest absolute Gasteiger partial charge is 0.0963 e. The van der Waals surface area contributed by atoms with E-state index in [0.717, 1.165) is 51.8 Å². The van der Waals surface area contributed by atoms with Gasteiger partial charge in [0.1, 0.15) is 0 Å². The highest BCUT2D eigenvalue weighted by molar-refractivity contribution is 6.07. The Hall–Kier alpha value is -8.86. The summed E-state index contributed by atoms with van der Waals surface area (Å²) in [4.78, 5) is 9.78. The van der Waals surface area contributed by atoms with E-state index < -0.39 is 10.8 Å². The lowest BCUT2D eigenvalue weighted by Gasteiger charge is -2.57. The SMILES string of the molecule is C1=Nc2c(n(-c3cccc(-c4ccc5c(c4)C4(c6ccccc6)c6ccccc6C5(c5ccccc5)c5cc(-c6cccc(-n7c8ccccc8c8ncccc87)c6)ccc54)c3)c3ccccc23)CC1. The van der Waals surface area contributed by atoms with E-state index in [2.05, 4.69) is 240 Å². The first-order valence-electron chi connectivity index (χ1n) is 24.4. The molecule has 2 bridgehead atoms. The largest absolute Gasteiger partial charge is 0.311 e. The number of hydrogen-bond donors (Lipinski definition) is 0. The highest BCUT2D eigenvalue weighted by Gasteiger charge is 2.60. The molecular formula is C66H44N4. The van der Waals surface area contributed by atoms with Crippen molar-refractivity contribution in [1.29, 1.82) is 0 Å². The van der Waals surface area contributed by atoms with Gasteiger partial charge in [0.05, 0.1) is 38.6 Å². The summed E-state index contributed by atoms with van der Waals surface area (Å²) in [7, 11) is 0. The lowest BCUT2D eigenvalue weighted by molar-refractivity contribution is 0.557. The Morgan fingerprint density at radius 2 is 0.871 bits per heavy atom. The second kappa shape index (κ2) is 14.8. The molecule has 0 radical (unpaired) electrons. The molecule has 4 nitrogen and oxygen atoms in total. The van der Waals surface area contributed by atoms with Gasteiger partial charge in [-0.3, -0.25) is 9.98 Å². The van der Waals surface area contributed by atoms with Gasteiger partial charge < -0.3 is 9.13 Å². The number of hydrogen-bond acceptors (Lipinski definition) is 2. The molecule has 0 N–H and O–H groups in total. The molecule has 0 saturated carbocycles. The molecule has 2 atom stereocenters. The molecule has 328 valence electrons. The van der Waals surface area contributed by atoms with Crippen molar-refractivity contribution in [2.75, 3.05) is 0 Å². The normalized spacial score (nSPS) is 17.4. The zero-order valence-electron chi connectivity index (χ0n) is 38.3. The van der Waals surface area contributed by atoms with E-state index in [-0.39, 0.29) is 0 Å². The third kappa shape index (κ3) is 5.20. The predicted molar refractivity (Wildman–Crippen MR) is 286 cm³/mol. The Labute approximate surface area is 406 Å². The number of rotatable bonds is 6. The number of aliphatic imine (C=N–C) groups is 1. The Morgan fingerprint density at radius 1 is 0.371 bits per heavy atom. The van der Waals surface area contributed by atoms with Crippen molar-refractivity contribution in [2.45, 2.75) is 23.7 Å². The summed E-state index contributed by atoms with van der Waals surface area (Å²) >= 11 is 0. The van der Waals surface area contributed by atoms with E-state index in [4.69, 9.17) is 9.98 Å². The highest BCUT2D eigenvalue weighted by atomic mass is 15.0. The third-order valence-corrected chi connectivity index (χ3v) is 15.8. The molecule has 4 heterocycles. The van der Waals surface area contributed by atoms with E-state index >= 15 is 0 Å². The molecule has 9 aromatic carbocycles. The second-order valence-corrected chi connectivity index (χ2v) is 19.1. The monoisotopic (exact) mass is 892 g/mol. The van der Waals surface area contributed by atoms with Gasteiger partial charge in [0.15, 0.2) is 0 Å². The summed E-state index contributed by atoms with van der Waals surface area (Å²) in [6.07, 6.45) is 5.87. The topological polar surface area (TPSA) is 35.1 Å². The number of fused-ring (bicyclic) bond motifs is 6. The van der Waals surface area contributed by atoms with E-state index in [9.17, 15) is 0 Å². The van der Waals surface area contributed by atoms with Crippen molar-refractivity contribution < 1.29 is 0 Å². The Morgan fingerprint density at radius 3 is 1.50 bits per heavy atom. The van der Waals surface area contributed by atoms with Crippen molar-refractivity contribution in [3.8, 4) is 33.6 Å². The van der Waals surface area contributed by atoms with Crippen LogP contribution < -0.4 is 0 Å². The summed E-state index contributed by atoms with van der Waals surface area (Å²) < 4.78 is 4.81. The van der Waals surface area contributed by atoms with Crippen LogP contribution in [0.15, 0.2) is 242 Å². The van der Waals surface area contributed by atoms with Crippen LogP contribution in [0.25, 0.3) is 66.5 Å². The molecule has 0 fully saturated rings. The lowest BCUT2D eigenvalue weighted by Crippen LogP contribution is -2.51. The minimum Gasteiger partial charge on any atom is -0.311 e. The fourth-order valence-corrected chi connectivity index (χ4v) is 13.1. The number of nitrogens with zero attached hydrogens (tertiary/aromatic N) is 4. The second-order valence-electron chi connectivity index (χ2n) is 19.1. The van der Waals surface area contributed by atoms with Crippen LogP contribution in [0.1, 0.15) is 56.6 Å². The maximum absolute atomic E-state index is 4.93. The van der Waals surface area contributed by atoms with Crippen LogP contribution in [-0.2, 0) is 17.3 Å². The van der Waals surface area contributed by atoms with Gasteiger partial charge in [0, 0.05) is 40.3 Å². The first-order valence-corrected chi connectivity index (χ1v) is 24.4. The van der Waals surface area contributed by atoms with Crippen LogP contribution >= 0.6 is 0 Å². The first kappa shape index (κ1) is 39.2. The third-order valence-electron chi connectivity index (χ3n) is 15.8. The molecule has 3 aromatic heterocycles. The highest BCUT2D eigenvalue weighted by Crippen LogP contribution is 2.66. The Kier molecular flexibility index (Phi) is 8.29. The van der Waals surface area contributed by atoms with Crippen molar-refractivity contribution in [1.82, 2.24) is 14.1 Å². The molecule has 4 aliphatic rings. The molecule has 16 rings (SSSR count). The van der Waals surface area contributed by atoms with Crippen molar-refractivity contribution >= 4 is 44.7 Å². The zero-order valence-corrected chi connectivity index (χ0v) is 38.3. The minimum absolute atomic E-state index is 0.600. The van der Waals surface area contributed by atoms with E-state index in [0.29, 0.717) is 0 Å². The van der Waals surface area contributed by atoms with Gasteiger partial charge in [-0.2, -0.15) is 0 Å². The number of benzene rings is 9. The number of para-hydroxylation sites is 2. The van der Waals surface area contributed by atoms with Crippen molar-refractivity contribution in [3.63, 3.8) is 0 Å². The van der Waals surface area contributed by atoms with Crippen LogP contribution in [0.3, 0.4) is 0 Å². The molecule has 0 spiro atoms. The molecule has 12 aromatic rings. The summed E-state index contributed by atoms with van der Waals surface area (Å²) in [5.41, 5.74) is 23.1. The maximum atomic E-state index is 4.93. The van der Waals surface area contributed by atoms with Gasteiger partial charge in [0.25, 0.3) is 0 Å². The number of aromatic nitrogens is 3. The molecule has 3 aliphatic carbocycles. The summed E-state index contributed by atoms with van der Waals surface area (Å²) in [5.74, 6) is 0. The van der Waals surface area contributed by atoms with Crippen molar-refractivity contribution in [3.05, 3.63) is 287 Å². The van der Waals surface area contributed by atoms with Gasteiger partial charge in [-0.1, -0.05) is 170 Å². The van der Waals surface area contributed by atoms with Gasteiger partial charge in [0.2, 0.25) is 0 Å². The predicted octanol–water partition coefficient (Wildman–Crippen LogP) is 15.5. The molecule has 70 heavy (non-hydrogen) atoms. The fraction of sp³-hybridized carbons (Fsp3) is 0.0606. The van der Waals surface area contributed by atoms with Crippen LogP contribution in [0.4, 0.5) is 5.69 Å². The van der Waals surface area contributed by atoms with Crippen LogP contribution in [0.5, 0.6) is 0 Å². The number of pyridine rings is 1. The average molecular weight is 893 g/mol.